The van der Waals surface area contributed by atoms with Gasteiger partial charge in [-0.15, -0.1) is 0 Å². The van der Waals surface area contributed by atoms with Crippen LogP contribution in [0.5, 0.6) is 0 Å². The van der Waals surface area contributed by atoms with Gasteiger partial charge in [-0.25, -0.2) is 8.42 Å². The average molecular weight is 446 g/mol. The van der Waals surface area contributed by atoms with Crippen LogP contribution in [0.4, 0.5) is 22.7 Å². The molecule has 11 heteroatoms. The van der Waals surface area contributed by atoms with Crippen molar-refractivity contribution in [3.8, 4) is 0 Å². The molecule has 0 bridgehead atoms. The number of anilines is 3. The Morgan fingerprint density at radius 2 is 1.90 bits per heavy atom. The second kappa shape index (κ2) is 8.72. The maximum absolute atomic E-state index is 12.6. The molecule has 1 aliphatic heterocycles. The molecule has 31 heavy (non-hydrogen) atoms. The number of hydrogen-bond donors (Lipinski definition) is 1. The molecule has 3 rings (SSSR count). The molecule has 1 heterocycles. The number of nitro benzene ring substituents is 1. The first-order chi connectivity index (χ1) is 14.6. The number of benzene rings is 2. The zero-order chi connectivity index (χ0) is 22.8. The predicted molar refractivity (Wildman–Crippen MR) is 117 cm³/mol. The summed E-state index contributed by atoms with van der Waals surface area (Å²) < 4.78 is 25.5. The Hall–Kier alpha value is -3.47. The van der Waals surface area contributed by atoms with Crippen LogP contribution in [0.3, 0.4) is 0 Å². The van der Waals surface area contributed by atoms with Crippen molar-refractivity contribution in [2.24, 2.45) is 0 Å². The number of nitrogens with zero attached hydrogens (tertiary/aromatic N) is 3. The highest BCUT2D eigenvalue weighted by Crippen LogP contribution is 2.30. The number of carbonyl (C=O) groups is 2. The molecule has 1 fully saturated rings. The van der Waals surface area contributed by atoms with Gasteiger partial charge in [0.2, 0.25) is 21.8 Å². The second-order valence-electron chi connectivity index (χ2n) is 7.19. The molecule has 0 saturated carbocycles. The van der Waals surface area contributed by atoms with Crippen LogP contribution in [0.25, 0.3) is 0 Å². The van der Waals surface area contributed by atoms with Crippen molar-refractivity contribution in [2.75, 3.05) is 33.9 Å². The third-order valence-electron chi connectivity index (χ3n) is 4.97. The van der Waals surface area contributed by atoms with E-state index in [9.17, 15) is 28.1 Å². The molecule has 0 radical (unpaired) electrons. The Bertz CT molecular complexity index is 1130. The number of rotatable bonds is 7. The van der Waals surface area contributed by atoms with E-state index in [2.05, 4.69) is 5.32 Å². The molecule has 0 aliphatic carbocycles. The monoisotopic (exact) mass is 446 g/mol. The van der Waals surface area contributed by atoms with Gasteiger partial charge in [-0.05, 0) is 43.7 Å². The first kappa shape index (κ1) is 22.2. The number of nitrogens with one attached hydrogen (secondary N) is 1. The fraction of sp³-hybridized carbons (Fsp3) is 0.300. The lowest BCUT2D eigenvalue weighted by atomic mass is 10.1. The van der Waals surface area contributed by atoms with Crippen LogP contribution in [0.15, 0.2) is 42.5 Å². The van der Waals surface area contributed by atoms with Gasteiger partial charge in [0.15, 0.2) is 0 Å². The summed E-state index contributed by atoms with van der Waals surface area (Å²) in [5.74, 6) is -0.561. The van der Waals surface area contributed by atoms with Gasteiger partial charge in [-0.1, -0.05) is 6.07 Å². The minimum Gasteiger partial charge on any atom is -0.325 e. The second-order valence-corrected chi connectivity index (χ2v) is 9.10. The Labute approximate surface area is 179 Å². The number of hydrogen-bond acceptors (Lipinski definition) is 6. The molecule has 0 aromatic heterocycles. The number of nitro groups is 1. The molecule has 0 unspecified atom stereocenters. The highest BCUT2D eigenvalue weighted by Gasteiger charge is 2.26. The summed E-state index contributed by atoms with van der Waals surface area (Å²) >= 11 is 0. The molecule has 0 spiro atoms. The van der Waals surface area contributed by atoms with Crippen LogP contribution >= 0.6 is 0 Å². The summed E-state index contributed by atoms with van der Waals surface area (Å²) in [4.78, 5) is 36.6. The van der Waals surface area contributed by atoms with E-state index in [0.717, 1.165) is 22.7 Å². The zero-order valence-corrected chi connectivity index (χ0v) is 17.9. The first-order valence-corrected chi connectivity index (χ1v) is 11.3. The van der Waals surface area contributed by atoms with Crippen molar-refractivity contribution in [3.05, 3.63) is 58.1 Å². The van der Waals surface area contributed by atoms with Crippen LogP contribution in [-0.2, 0) is 19.6 Å². The summed E-state index contributed by atoms with van der Waals surface area (Å²) in [6, 6.07) is 10.7. The molecular formula is C20H22N4O6S. The summed E-state index contributed by atoms with van der Waals surface area (Å²) in [6.07, 6.45) is 2.24. The van der Waals surface area contributed by atoms with E-state index >= 15 is 0 Å². The van der Waals surface area contributed by atoms with Crippen molar-refractivity contribution in [1.29, 1.82) is 0 Å². The van der Waals surface area contributed by atoms with Gasteiger partial charge in [-0.3, -0.25) is 24.0 Å². The molecule has 2 aromatic carbocycles. The average Bonchev–Trinajstić information content (AvgIpc) is 3.12. The molecule has 0 atom stereocenters. The highest BCUT2D eigenvalue weighted by molar-refractivity contribution is 7.92. The van der Waals surface area contributed by atoms with E-state index in [1.165, 1.54) is 25.1 Å². The summed E-state index contributed by atoms with van der Waals surface area (Å²) in [5.41, 5.74) is 1.13. The van der Waals surface area contributed by atoms with Gasteiger partial charge < -0.3 is 10.2 Å². The van der Waals surface area contributed by atoms with Crippen molar-refractivity contribution in [1.82, 2.24) is 0 Å². The minimum absolute atomic E-state index is 0.0490. The van der Waals surface area contributed by atoms with Gasteiger partial charge in [0, 0.05) is 30.4 Å². The lowest BCUT2D eigenvalue weighted by Gasteiger charge is -2.23. The molecule has 1 saturated heterocycles. The maximum Gasteiger partial charge on any atom is 0.274 e. The van der Waals surface area contributed by atoms with Crippen LogP contribution < -0.4 is 14.5 Å². The van der Waals surface area contributed by atoms with Crippen molar-refractivity contribution >= 4 is 44.6 Å². The van der Waals surface area contributed by atoms with Crippen molar-refractivity contribution < 1.29 is 22.9 Å². The fourth-order valence-electron chi connectivity index (χ4n) is 3.44. The van der Waals surface area contributed by atoms with Gasteiger partial charge in [0.25, 0.3) is 5.69 Å². The quantitative estimate of drug-likeness (QED) is 0.514. The predicted octanol–water partition coefficient (Wildman–Crippen LogP) is 2.43. The van der Waals surface area contributed by atoms with Crippen LogP contribution in [0, 0.1) is 17.0 Å². The smallest absolute Gasteiger partial charge is 0.274 e. The van der Waals surface area contributed by atoms with Crippen LogP contribution in [0.1, 0.15) is 18.4 Å². The number of carbonyl (C=O) groups excluding carboxylic acids is 2. The van der Waals surface area contributed by atoms with Crippen molar-refractivity contribution in [3.63, 3.8) is 0 Å². The summed E-state index contributed by atoms with van der Waals surface area (Å²) in [7, 11) is -3.89. The van der Waals surface area contributed by atoms with E-state index in [1.807, 2.05) is 0 Å². The Balaban J connectivity index is 1.77. The molecule has 1 aliphatic rings. The largest absolute Gasteiger partial charge is 0.325 e. The fourth-order valence-corrected chi connectivity index (χ4v) is 4.34. The van der Waals surface area contributed by atoms with Gasteiger partial charge in [-0.2, -0.15) is 0 Å². The molecule has 1 N–H and O–H groups in total. The molecule has 2 amide bonds. The number of sulfonamides is 1. The third-order valence-corrected chi connectivity index (χ3v) is 6.09. The lowest BCUT2D eigenvalue weighted by Crippen LogP contribution is -2.38. The van der Waals surface area contributed by atoms with E-state index in [-0.39, 0.29) is 22.8 Å². The van der Waals surface area contributed by atoms with Crippen molar-refractivity contribution in [2.45, 2.75) is 19.8 Å². The van der Waals surface area contributed by atoms with E-state index in [0.29, 0.717) is 18.7 Å². The normalized spacial score (nSPS) is 13.9. The highest BCUT2D eigenvalue weighted by atomic mass is 32.2. The van der Waals surface area contributed by atoms with E-state index in [1.54, 1.807) is 29.2 Å². The van der Waals surface area contributed by atoms with Crippen LogP contribution in [0.2, 0.25) is 0 Å². The molecule has 164 valence electrons. The maximum atomic E-state index is 12.6. The topological polar surface area (TPSA) is 130 Å². The number of amides is 2. The van der Waals surface area contributed by atoms with Gasteiger partial charge in [0.05, 0.1) is 22.4 Å². The third kappa shape index (κ3) is 5.00. The van der Waals surface area contributed by atoms with E-state index in [4.69, 9.17) is 0 Å². The van der Waals surface area contributed by atoms with Crippen LogP contribution in [-0.4, -0.2) is 44.5 Å². The molecule has 10 nitrogen and oxygen atoms in total. The SMILES string of the molecule is Cc1c(N(CC(=O)Nc2ccc(N3CCCC3=O)cc2)S(C)(=O)=O)cccc1[N+](=O)[O-]. The molecule has 2 aromatic rings. The van der Waals surface area contributed by atoms with Gasteiger partial charge >= 0.3 is 0 Å². The zero-order valence-electron chi connectivity index (χ0n) is 17.1. The van der Waals surface area contributed by atoms with Gasteiger partial charge in [0.1, 0.15) is 6.54 Å². The minimum atomic E-state index is -3.89. The standard InChI is InChI=1S/C20H22N4O6S/c1-14-17(5-3-6-18(14)24(27)28)23(31(2,29)30)13-19(25)21-15-8-10-16(11-9-15)22-12-4-7-20(22)26/h3,5-6,8-11H,4,7,12-13H2,1-2H3,(H,21,25). The lowest BCUT2D eigenvalue weighted by molar-refractivity contribution is -0.385. The Morgan fingerprint density at radius 3 is 2.45 bits per heavy atom. The Morgan fingerprint density at radius 1 is 1.23 bits per heavy atom. The summed E-state index contributed by atoms with van der Waals surface area (Å²) in [6.45, 7) is 1.53. The first-order valence-electron chi connectivity index (χ1n) is 9.50. The van der Waals surface area contributed by atoms with E-state index < -0.39 is 27.4 Å². The summed E-state index contributed by atoms with van der Waals surface area (Å²) in [5, 5.41) is 13.8. The molecular weight excluding hydrogens is 424 g/mol. The Kier molecular flexibility index (Phi) is 6.25.